The molecule has 1 rings (SSSR count). The minimum Gasteiger partial charge on any atom is -0.326 e. The Hall–Kier alpha value is -1.18. The highest BCUT2D eigenvalue weighted by atomic mass is 35.5. The summed E-state index contributed by atoms with van der Waals surface area (Å²) in [6.07, 6.45) is 1.78. The highest BCUT2D eigenvalue weighted by molar-refractivity contribution is 7.88. The fourth-order valence-corrected chi connectivity index (χ4v) is 3.33. The van der Waals surface area contributed by atoms with Gasteiger partial charge in [0.2, 0.25) is 15.9 Å². The molecular formula is C14H20ClFN2O3S. The summed E-state index contributed by atoms with van der Waals surface area (Å²) in [5, 5.41) is 2.47. The third-order valence-electron chi connectivity index (χ3n) is 3.27. The lowest BCUT2D eigenvalue weighted by atomic mass is 10.2. The molecule has 0 radical (unpaired) electrons. The zero-order valence-electron chi connectivity index (χ0n) is 12.8. The zero-order chi connectivity index (χ0) is 16.9. The molecule has 0 aliphatic rings. The molecule has 124 valence electrons. The second-order valence-electron chi connectivity index (χ2n) is 5.06. The van der Waals surface area contributed by atoms with Gasteiger partial charge in [0, 0.05) is 24.7 Å². The van der Waals surface area contributed by atoms with Gasteiger partial charge in [-0.25, -0.2) is 12.8 Å². The van der Waals surface area contributed by atoms with Crippen molar-refractivity contribution in [1.29, 1.82) is 0 Å². The number of amides is 1. The molecule has 8 heteroatoms. The number of nitrogens with zero attached hydrogens (tertiary/aromatic N) is 1. The second-order valence-corrected chi connectivity index (χ2v) is 7.40. The summed E-state index contributed by atoms with van der Waals surface area (Å²) < 4.78 is 37.8. The number of benzene rings is 1. The van der Waals surface area contributed by atoms with Crippen molar-refractivity contribution in [2.45, 2.75) is 32.7 Å². The first-order valence-corrected chi connectivity index (χ1v) is 9.09. The molecule has 0 saturated carbocycles. The van der Waals surface area contributed by atoms with Crippen LogP contribution in [0, 0.1) is 5.82 Å². The van der Waals surface area contributed by atoms with Crippen molar-refractivity contribution in [1.82, 2.24) is 4.31 Å². The van der Waals surface area contributed by atoms with Crippen LogP contribution in [0.4, 0.5) is 10.1 Å². The van der Waals surface area contributed by atoms with Crippen LogP contribution in [-0.4, -0.2) is 37.5 Å². The molecule has 0 spiro atoms. The largest absolute Gasteiger partial charge is 0.326 e. The van der Waals surface area contributed by atoms with E-state index in [1.54, 1.807) is 6.92 Å². The van der Waals surface area contributed by atoms with E-state index in [0.29, 0.717) is 12.1 Å². The minimum absolute atomic E-state index is 0.00635. The van der Waals surface area contributed by atoms with Crippen LogP contribution in [0.25, 0.3) is 0 Å². The molecule has 0 aliphatic carbocycles. The molecule has 1 N–H and O–H groups in total. The summed E-state index contributed by atoms with van der Waals surface area (Å²) in [7, 11) is -3.37. The molecule has 0 aliphatic heterocycles. The van der Waals surface area contributed by atoms with E-state index in [9.17, 15) is 17.6 Å². The van der Waals surface area contributed by atoms with E-state index < -0.39 is 15.8 Å². The maximum absolute atomic E-state index is 13.0. The Morgan fingerprint density at radius 2 is 2.09 bits per heavy atom. The lowest BCUT2D eigenvalue weighted by Gasteiger charge is -2.25. The molecule has 1 aromatic rings. The first-order chi connectivity index (χ1) is 10.1. The topological polar surface area (TPSA) is 66.5 Å². The normalized spacial score (nSPS) is 13.2. The van der Waals surface area contributed by atoms with E-state index in [2.05, 4.69) is 5.32 Å². The Labute approximate surface area is 135 Å². The first kappa shape index (κ1) is 18.9. The van der Waals surface area contributed by atoms with Crippen LogP contribution in [0.5, 0.6) is 0 Å². The molecule has 0 aromatic heterocycles. The van der Waals surface area contributed by atoms with Gasteiger partial charge in [0.1, 0.15) is 5.82 Å². The van der Waals surface area contributed by atoms with Crippen molar-refractivity contribution in [3.05, 3.63) is 29.0 Å². The molecule has 22 heavy (non-hydrogen) atoms. The predicted molar refractivity (Wildman–Crippen MR) is 86.0 cm³/mol. The Bertz CT molecular complexity index is 637. The fourth-order valence-electron chi connectivity index (χ4n) is 1.93. The summed E-state index contributed by atoms with van der Waals surface area (Å²) in [6.45, 7) is 3.76. The average molecular weight is 351 g/mol. The van der Waals surface area contributed by atoms with Gasteiger partial charge in [-0.3, -0.25) is 4.79 Å². The Morgan fingerprint density at radius 1 is 1.45 bits per heavy atom. The van der Waals surface area contributed by atoms with Gasteiger partial charge in [-0.05, 0) is 31.5 Å². The number of hydrogen-bond acceptors (Lipinski definition) is 3. The number of nitrogens with one attached hydrogen (secondary N) is 1. The van der Waals surface area contributed by atoms with Crippen molar-refractivity contribution in [2.75, 3.05) is 18.1 Å². The first-order valence-electron chi connectivity index (χ1n) is 6.86. The van der Waals surface area contributed by atoms with Crippen LogP contribution in [0.15, 0.2) is 18.2 Å². The highest BCUT2D eigenvalue weighted by Gasteiger charge is 2.22. The van der Waals surface area contributed by atoms with E-state index in [0.717, 1.165) is 12.3 Å². The van der Waals surface area contributed by atoms with Gasteiger partial charge in [-0.2, -0.15) is 4.31 Å². The highest BCUT2D eigenvalue weighted by Crippen LogP contribution is 2.19. The SMILES string of the molecule is CCC(C)N(CCC(=O)Nc1ccc(F)c(Cl)c1)S(C)(=O)=O. The summed E-state index contributed by atoms with van der Waals surface area (Å²) in [5.41, 5.74) is 0.367. The number of hydrogen-bond donors (Lipinski definition) is 1. The van der Waals surface area contributed by atoms with E-state index in [-0.39, 0.29) is 29.9 Å². The van der Waals surface area contributed by atoms with Crippen LogP contribution < -0.4 is 5.32 Å². The summed E-state index contributed by atoms with van der Waals surface area (Å²) >= 11 is 5.63. The number of carbonyl (C=O) groups is 1. The predicted octanol–water partition coefficient (Wildman–Crippen LogP) is 2.87. The fraction of sp³-hybridized carbons (Fsp3) is 0.500. The second kappa shape index (κ2) is 7.89. The van der Waals surface area contributed by atoms with E-state index in [1.807, 2.05) is 6.92 Å². The van der Waals surface area contributed by atoms with Crippen LogP contribution in [0.3, 0.4) is 0 Å². The lowest BCUT2D eigenvalue weighted by molar-refractivity contribution is -0.116. The molecule has 5 nitrogen and oxygen atoms in total. The number of anilines is 1. The van der Waals surface area contributed by atoms with Crippen molar-refractivity contribution >= 4 is 33.2 Å². The van der Waals surface area contributed by atoms with E-state index in [4.69, 9.17) is 11.6 Å². The molecule has 0 fully saturated rings. The lowest BCUT2D eigenvalue weighted by Crippen LogP contribution is -2.39. The maximum Gasteiger partial charge on any atom is 0.225 e. The Morgan fingerprint density at radius 3 is 2.59 bits per heavy atom. The maximum atomic E-state index is 13.0. The number of carbonyl (C=O) groups excluding carboxylic acids is 1. The molecule has 1 atom stereocenters. The van der Waals surface area contributed by atoms with E-state index >= 15 is 0 Å². The van der Waals surface area contributed by atoms with Gasteiger partial charge in [0.15, 0.2) is 0 Å². The van der Waals surface area contributed by atoms with Crippen LogP contribution in [0.2, 0.25) is 5.02 Å². The Balaban J connectivity index is 2.66. The summed E-state index contributed by atoms with van der Waals surface area (Å²) in [5.74, 6) is -0.931. The molecule has 0 bridgehead atoms. The van der Waals surface area contributed by atoms with Crippen LogP contribution >= 0.6 is 11.6 Å². The molecule has 1 amide bonds. The molecule has 1 unspecified atom stereocenters. The third kappa shape index (κ3) is 5.55. The van der Waals surface area contributed by atoms with Crippen LogP contribution in [0.1, 0.15) is 26.7 Å². The number of halogens is 2. The smallest absolute Gasteiger partial charge is 0.225 e. The van der Waals surface area contributed by atoms with Crippen molar-refractivity contribution in [3.63, 3.8) is 0 Å². The third-order valence-corrected chi connectivity index (χ3v) is 4.96. The molecule has 1 aromatic carbocycles. The molecular weight excluding hydrogens is 331 g/mol. The monoisotopic (exact) mass is 350 g/mol. The van der Waals surface area contributed by atoms with Gasteiger partial charge in [-0.1, -0.05) is 18.5 Å². The minimum atomic E-state index is -3.37. The van der Waals surface area contributed by atoms with Gasteiger partial charge in [0.25, 0.3) is 0 Å². The van der Waals surface area contributed by atoms with Gasteiger partial charge >= 0.3 is 0 Å². The Kier molecular flexibility index (Phi) is 6.77. The average Bonchev–Trinajstić information content (AvgIpc) is 2.41. The van der Waals surface area contributed by atoms with Gasteiger partial charge < -0.3 is 5.32 Å². The standard InChI is InChI=1S/C14H20ClFN2O3S/c1-4-10(2)18(22(3,20)21)8-7-14(19)17-11-5-6-13(16)12(15)9-11/h5-6,9-10H,4,7-8H2,1-3H3,(H,17,19). The van der Waals surface area contributed by atoms with Crippen molar-refractivity contribution in [3.8, 4) is 0 Å². The molecule has 0 saturated heterocycles. The quantitative estimate of drug-likeness (QED) is 0.822. The van der Waals surface area contributed by atoms with Crippen molar-refractivity contribution in [2.24, 2.45) is 0 Å². The zero-order valence-corrected chi connectivity index (χ0v) is 14.3. The number of rotatable bonds is 7. The van der Waals surface area contributed by atoms with E-state index in [1.165, 1.54) is 16.4 Å². The van der Waals surface area contributed by atoms with Gasteiger partial charge in [0.05, 0.1) is 11.3 Å². The number of sulfonamides is 1. The summed E-state index contributed by atoms with van der Waals surface area (Å²) in [4.78, 5) is 11.9. The van der Waals surface area contributed by atoms with Crippen LogP contribution in [-0.2, 0) is 14.8 Å². The van der Waals surface area contributed by atoms with Gasteiger partial charge in [-0.15, -0.1) is 0 Å². The van der Waals surface area contributed by atoms with Crippen molar-refractivity contribution < 1.29 is 17.6 Å². The summed E-state index contributed by atoms with van der Waals surface area (Å²) in [6, 6.07) is 3.67. The molecule has 0 heterocycles.